The molecule has 6 N–H and O–H groups in total. The summed E-state index contributed by atoms with van der Waals surface area (Å²) in [6, 6.07) is 35.5. The van der Waals surface area contributed by atoms with E-state index < -0.39 is 53.7 Å². The van der Waals surface area contributed by atoms with Crippen molar-refractivity contribution < 1.29 is 43.3 Å². The summed E-state index contributed by atoms with van der Waals surface area (Å²) < 4.78 is 16.9. The number of aromatic hydroxyl groups is 1. The molecule has 7 rings (SSSR count). The van der Waals surface area contributed by atoms with E-state index in [0.29, 0.717) is 18.4 Å². The van der Waals surface area contributed by atoms with Crippen LogP contribution in [-0.2, 0) is 48.0 Å². The van der Waals surface area contributed by atoms with Crippen molar-refractivity contribution in [2.45, 2.75) is 89.1 Å². The summed E-state index contributed by atoms with van der Waals surface area (Å²) in [5, 5.41) is 22.0. The maximum Gasteiger partial charge on any atom is 0.408 e. The number of hydrogen-bond acceptors (Lipinski definition) is 9. The number of phenolic OH excluding ortho intramolecular Hbond substituents is 1. The van der Waals surface area contributed by atoms with E-state index in [2.05, 4.69) is 26.3 Å². The van der Waals surface area contributed by atoms with E-state index in [9.17, 15) is 29.1 Å². The van der Waals surface area contributed by atoms with Crippen LogP contribution in [-0.4, -0.2) is 76.9 Å². The molecule has 4 amide bonds. The Balaban J connectivity index is 1.10. The van der Waals surface area contributed by atoms with E-state index in [0.717, 1.165) is 44.3 Å². The van der Waals surface area contributed by atoms with Gasteiger partial charge in [0.2, 0.25) is 11.8 Å². The van der Waals surface area contributed by atoms with Crippen molar-refractivity contribution in [3.05, 3.63) is 161 Å². The summed E-state index contributed by atoms with van der Waals surface area (Å²) in [6.45, 7) is 5.51. The smallest absolute Gasteiger partial charge is 0.408 e. The van der Waals surface area contributed by atoms with Gasteiger partial charge in [0.25, 0.3) is 0 Å². The number of unbranched alkanes of at least 4 members (excludes halogenated alkanes) is 1. The Kier molecular flexibility index (Phi) is 15.6. The Bertz CT molecular complexity index is 2610. The van der Waals surface area contributed by atoms with Crippen molar-refractivity contribution in [2.24, 2.45) is 0 Å². The second-order valence-corrected chi connectivity index (χ2v) is 17.6. The second-order valence-electron chi connectivity index (χ2n) is 17.6. The van der Waals surface area contributed by atoms with Crippen molar-refractivity contribution in [1.82, 2.24) is 26.3 Å². The standard InChI is InChI=1S/C53H57N5O9/c1-53(2,3)67-52(64)58-46(29-34-24-26-37(59)27-25-34)48(60)57-47(30-36-31-55-44-22-12-11-17-38(36)44)49(61)56-45(23-13-14-28-54-51(63)66-32-35-15-5-4-6-16-35)50(62)65-33-43-41-20-9-7-18-39(41)40-19-8-10-21-42(40)43/h4-12,15-22,24-27,31,43,45-47,55,59H,13-14,23,28-30,32-33H2,1-3H3,(H,54,63)(H,56,61)(H,57,60)(H,58,64)/t45-,46-,47+/m0/s1. The van der Waals surface area contributed by atoms with E-state index in [-0.39, 0.29) is 50.7 Å². The summed E-state index contributed by atoms with van der Waals surface area (Å²) in [5.41, 5.74) is 6.38. The largest absolute Gasteiger partial charge is 0.508 e. The molecule has 14 nitrogen and oxygen atoms in total. The minimum absolute atomic E-state index is 0.00297. The summed E-state index contributed by atoms with van der Waals surface area (Å²) in [4.78, 5) is 72.1. The number of esters is 1. The number of benzene rings is 5. The number of carbonyl (C=O) groups excluding carboxylic acids is 5. The fourth-order valence-electron chi connectivity index (χ4n) is 8.19. The molecule has 67 heavy (non-hydrogen) atoms. The second kappa shape index (κ2) is 22.1. The normalized spacial score (nSPS) is 13.3. The SMILES string of the molecule is CC(C)(C)OC(=O)N[C@@H](Cc1ccc(O)cc1)C(=O)N[C@H](Cc1c[nH]c2ccccc12)C(=O)N[C@@H](CCCCNC(=O)OCc1ccccc1)C(=O)OCC1c2ccccc2-c2ccccc21. The first-order valence-electron chi connectivity index (χ1n) is 22.5. The molecule has 0 spiro atoms. The number of fused-ring (bicyclic) bond motifs is 4. The molecule has 348 valence electrons. The third kappa shape index (κ3) is 13.0. The molecular weight excluding hydrogens is 851 g/mol. The fourth-order valence-corrected chi connectivity index (χ4v) is 8.19. The first-order valence-corrected chi connectivity index (χ1v) is 22.5. The maximum atomic E-state index is 14.7. The molecule has 1 aromatic heterocycles. The lowest BCUT2D eigenvalue weighted by molar-refractivity contribution is -0.148. The highest BCUT2D eigenvalue weighted by Gasteiger charge is 2.34. The zero-order valence-electron chi connectivity index (χ0n) is 37.9. The van der Waals surface area contributed by atoms with Crippen LogP contribution in [0.4, 0.5) is 9.59 Å². The van der Waals surface area contributed by atoms with Crippen molar-refractivity contribution in [2.75, 3.05) is 13.2 Å². The van der Waals surface area contributed by atoms with Crippen LogP contribution in [0.3, 0.4) is 0 Å². The van der Waals surface area contributed by atoms with Crippen molar-refractivity contribution >= 4 is 40.9 Å². The van der Waals surface area contributed by atoms with E-state index in [1.807, 2.05) is 103 Å². The molecule has 1 aliphatic carbocycles. The van der Waals surface area contributed by atoms with Crippen LogP contribution in [0.2, 0.25) is 0 Å². The van der Waals surface area contributed by atoms with Gasteiger partial charge in [-0.25, -0.2) is 14.4 Å². The highest BCUT2D eigenvalue weighted by Crippen LogP contribution is 2.44. The third-order valence-electron chi connectivity index (χ3n) is 11.5. The topological polar surface area (TPSA) is 197 Å². The number of H-pyrrole nitrogens is 1. The lowest BCUT2D eigenvalue weighted by atomic mass is 9.98. The zero-order chi connectivity index (χ0) is 47.3. The molecule has 0 radical (unpaired) electrons. The minimum Gasteiger partial charge on any atom is -0.508 e. The Morgan fingerprint density at radius 1 is 0.642 bits per heavy atom. The Morgan fingerprint density at radius 2 is 1.25 bits per heavy atom. The molecule has 5 aromatic carbocycles. The van der Waals surface area contributed by atoms with Gasteiger partial charge in [-0.1, -0.05) is 109 Å². The van der Waals surface area contributed by atoms with Gasteiger partial charge < -0.3 is 45.6 Å². The van der Waals surface area contributed by atoms with Crippen LogP contribution in [0.15, 0.2) is 134 Å². The van der Waals surface area contributed by atoms with Crippen LogP contribution in [0.1, 0.15) is 73.8 Å². The summed E-state index contributed by atoms with van der Waals surface area (Å²) >= 11 is 0. The average Bonchev–Trinajstić information content (AvgIpc) is 3.87. The molecule has 3 atom stereocenters. The van der Waals surface area contributed by atoms with Crippen LogP contribution >= 0.6 is 0 Å². The molecular formula is C53H57N5O9. The van der Waals surface area contributed by atoms with Crippen molar-refractivity contribution in [3.63, 3.8) is 0 Å². The number of alkyl carbamates (subject to hydrolysis) is 2. The molecule has 0 saturated carbocycles. The number of para-hydroxylation sites is 1. The zero-order valence-corrected chi connectivity index (χ0v) is 37.9. The Morgan fingerprint density at radius 3 is 1.94 bits per heavy atom. The van der Waals surface area contributed by atoms with E-state index >= 15 is 0 Å². The van der Waals surface area contributed by atoms with Crippen LogP contribution in [0.25, 0.3) is 22.0 Å². The number of ether oxygens (including phenoxy) is 3. The van der Waals surface area contributed by atoms with Gasteiger partial charge in [0.1, 0.15) is 42.7 Å². The maximum absolute atomic E-state index is 14.7. The molecule has 0 aliphatic heterocycles. The quantitative estimate of drug-likeness (QED) is 0.0265. The Hall–Kier alpha value is -7.61. The summed E-state index contributed by atoms with van der Waals surface area (Å²) in [5.74, 6) is -2.18. The number of rotatable bonds is 19. The predicted molar refractivity (Wildman–Crippen MR) is 254 cm³/mol. The first kappa shape index (κ1) is 47.4. The first-order chi connectivity index (χ1) is 32.3. The van der Waals surface area contributed by atoms with Gasteiger partial charge in [0, 0.05) is 42.4 Å². The number of hydrogen-bond donors (Lipinski definition) is 6. The number of phenols is 1. The molecule has 0 saturated heterocycles. The van der Waals surface area contributed by atoms with E-state index in [4.69, 9.17) is 14.2 Å². The highest BCUT2D eigenvalue weighted by atomic mass is 16.6. The molecule has 14 heteroatoms. The summed E-state index contributed by atoms with van der Waals surface area (Å²) in [6.07, 6.45) is 1.39. The fraction of sp³-hybridized carbons (Fsp3) is 0.302. The number of amides is 4. The average molecular weight is 908 g/mol. The molecule has 0 unspecified atom stereocenters. The van der Waals surface area contributed by atoms with Gasteiger partial charge in [-0.15, -0.1) is 0 Å². The third-order valence-corrected chi connectivity index (χ3v) is 11.5. The van der Waals surface area contributed by atoms with Crippen molar-refractivity contribution in [3.8, 4) is 16.9 Å². The highest BCUT2D eigenvalue weighted by molar-refractivity contribution is 5.94. The molecule has 1 aliphatic rings. The van der Waals surface area contributed by atoms with Crippen LogP contribution < -0.4 is 21.3 Å². The van der Waals surface area contributed by atoms with Gasteiger partial charge in [0.15, 0.2) is 0 Å². The number of aromatic nitrogens is 1. The Labute approximate surface area is 389 Å². The van der Waals surface area contributed by atoms with Crippen LogP contribution in [0.5, 0.6) is 5.75 Å². The number of nitrogens with one attached hydrogen (secondary N) is 5. The van der Waals surface area contributed by atoms with Gasteiger partial charge in [0.05, 0.1) is 0 Å². The molecule has 0 bridgehead atoms. The van der Waals surface area contributed by atoms with E-state index in [1.54, 1.807) is 39.1 Å². The monoisotopic (exact) mass is 907 g/mol. The lowest BCUT2D eigenvalue weighted by Crippen LogP contribution is -2.57. The van der Waals surface area contributed by atoms with Crippen molar-refractivity contribution in [1.29, 1.82) is 0 Å². The van der Waals surface area contributed by atoms with Gasteiger partial charge in [-0.3, -0.25) is 9.59 Å². The van der Waals surface area contributed by atoms with Gasteiger partial charge in [-0.05, 0) is 97.2 Å². The number of aromatic amines is 1. The molecule has 0 fully saturated rings. The van der Waals surface area contributed by atoms with Gasteiger partial charge >= 0.3 is 18.2 Å². The number of carbonyl (C=O) groups is 5. The van der Waals surface area contributed by atoms with E-state index in [1.165, 1.54) is 12.1 Å². The minimum atomic E-state index is -1.24. The summed E-state index contributed by atoms with van der Waals surface area (Å²) in [7, 11) is 0. The lowest BCUT2D eigenvalue weighted by Gasteiger charge is -2.26. The molecule has 6 aromatic rings. The van der Waals surface area contributed by atoms with Crippen LogP contribution in [0, 0.1) is 0 Å². The van der Waals surface area contributed by atoms with Gasteiger partial charge in [-0.2, -0.15) is 0 Å². The predicted octanol–water partition coefficient (Wildman–Crippen LogP) is 7.97. The molecule has 1 heterocycles.